The molecule has 4 heterocycles. The summed E-state index contributed by atoms with van der Waals surface area (Å²) in [5, 5.41) is 1.07. The minimum absolute atomic E-state index is 0.361. The number of thiophene rings is 1. The second-order valence-electron chi connectivity index (χ2n) is 6.25. The second-order valence-corrected chi connectivity index (χ2v) is 7.31. The Hall–Kier alpha value is -1.50. The SMILES string of the molecule is CN.CN1CCCC12CCN(c1ccc3cc(C=O)sc3n1)C2. The minimum atomic E-state index is 0.361. The lowest BCUT2D eigenvalue weighted by Crippen LogP contribution is -2.43. The molecule has 2 fully saturated rings. The van der Waals surface area contributed by atoms with Gasteiger partial charge in [-0.3, -0.25) is 9.69 Å². The number of carbonyl (C=O) groups is 1. The molecule has 4 rings (SSSR count). The van der Waals surface area contributed by atoms with Gasteiger partial charge in [0.25, 0.3) is 0 Å². The number of hydrogen-bond donors (Lipinski definition) is 1. The van der Waals surface area contributed by atoms with Crippen molar-refractivity contribution in [3.63, 3.8) is 0 Å². The molecule has 1 atom stereocenters. The molecule has 2 aromatic rings. The van der Waals surface area contributed by atoms with Crippen LogP contribution in [0, 0.1) is 0 Å². The van der Waals surface area contributed by atoms with Crippen molar-refractivity contribution in [1.82, 2.24) is 9.88 Å². The molecule has 0 bridgehead atoms. The van der Waals surface area contributed by atoms with Gasteiger partial charge in [-0.15, -0.1) is 11.3 Å². The van der Waals surface area contributed by atoms with Gasteiger partial charge >= 0.3 is 0 Å². The first-order chi connectivity index (χ1) is 11.2. The van der Waals surface area contributed by atoms with Crippen molar-refractivity contribution in [2.45, 2.75) is 24.8 Å². The Labute approximate surface area is 141 Å². The van der Waals surface area contributed by atoms with E-state index in [4.69, 9.17) is 4.98 Å². The van der Waals surface area contributed by atoms with E-state index >= 15 is 0 Å². The van der Waals surface area contributed by atoms with Crippen LogP contribution in [0.4, 0.5) is 5.82 Å². The normalized spacial score (nSPS) is 24.2. The molecule has 2 saturated heterocycles. The van der Waals surface area contributed by atoms with Crippen LogP contribution in [0.25, 0.3) is 10.2 Å². The van der Waals surface area contributed by atoms with Gasteiger partial charge in [-0.05, 0) is 58.1 Å². The van der Waals surface area contributed by atoms with Crippen LogP contribution < -0.4 is 10.6 Å². The molecule has 2 aromatic heterocycles. The zero-order chi connectivity index (χ0) is 16.4. The smallest absolute Gasteiger partial charge is 0.160 e. The van der Waals surface area contributed by atoms with E-state index in [2.05, 4.69) is 34.7 Å². The maximum absolute atomic E-state index is 10.9. The Bertz CT molecular complexity index is 701. The molecule has 124 valence electrons. The highest BCUT2D eigenvalue weighted by molar-refractivity contribution is 7.20. The Morgan fingerprint density at radius 3 is 2.83 bits per heavy atom. The number of pyridine rings is 1. The lowest BCUT2D eigenvalue weighted by atomic mass is 9.96. The molecular weight excluding hydrogens is 308 g/mol. The van der Waals surface area contributed by atoms with Crippen LogP contribution in [0.3, 0.4) is 0 Å². The van der Waals surface area contributed by atoms with Crippen molar-refractivity contribution in [1.29, 1.82) is 0 Å². The lowest BCUT2D eigenvalue weighted by molar-refractivity contribution is 0.112. The van der Waals surface area contributed by atoms with Gasteiger partial charge in [-0.25, -0.2) is 4.98 Å². The summed E-state index contributed by atoms with van der Waals surface area (Å²) >= 11 is 1.48. The number of likely N-dealkylation sites (N-methyl/N-ethyl adjacent to an activating group) is 1. The van der Waals surface area contributed by atoms with Crippen molar-refractivity contribution in [2.75, 3.05) is 38.6 Å². The van der Waals surface area contributed by atoms with Crippen molar-refractivity contribution < 1.29 is 4.79 Å². The van der Waals surface area contributed by atoms with E-state index in [9.17, 15) is 4.79 Å². The first-order valence-electron chi connectivity index (χ1n) is 8.10. The summed E-state index contributed by atoms with van der Waals surface area (Å²) in [5.74, 6) is 1.05. The number of nitrogens with zero attached hydrogens (tertiary/aromatic N) is 3. The average molecular weight is 332 g/mol. The van der Waals surface area contributed by atoms with Crippen molar-refractivity contribution in [2.24, 2.45) is 5.73 Å². The fourth-order valence-corrected chi connectivity index (χ4v) is 4.64. The van der Waals surface area contributed by atoms with Gasteiger partial charge in [0.15, 0.2) is 6.29 Å². The molecule has 5 nitrogen and oxygen atoms in total. The van der Waals surface area contributed by atoms with E-state index in [1.807, 2.05) is 6.07 Å². The van der Waals surface area contributed by atoms with Crippen LogP contribution in [0.15, 0.2) is 18.2 Å². The Morgan fingerprint density at radius 2 is 2.13 bits per heavy atom. The zero-order valence-corrected chi connectivity index (χ0v) is 14.6. The maximum atomic E-state index is 10.9. The van der Waals surface area contributed by atoms with Crippen LogP contribution in [0.2, 0.25) is 0 Å². The van der Waals surface area contributed by atoms with Gasteiger partial charge in [0, 0.05) is 24.0 Å². The molecule has 2 aliphatic heterocycles. The topological polar surface area (TPSA) is 62.5 Å². The van der Waals surface area contributed by atoms with E-state index in [-0.39, 0.29) is 0 Å². The first-order valence-corrected chi connectivity index (χ1v) is 8.92. The fraction of sp³-hybridized carbons (Fsp3) is 0.529. The number of fused-ring (bicyclic) bond motifs is 1. The van der Waals surface area contributed by atoms with E-state index in [1.165, 1.54) is 44.2 Å². The highest BCUT2D eigenvalue weighted by Crippen LogP contribution is 2.38. The summed E-state index contributed by atoms with van der Waals surface area (Å²) in [6, 6.07) is 6.10. The minimum Gasteiger partial charge on any atom is -0.355 e. The number of hydrogen-bond acceptors (Lipinski definition) is 6. The number of carbonyl (C=O) groups excluding carboxylic acids is 1. The molecule has 0 aliphatic carbocycles. The summed E-state index contributed by atoms with van der Waals surface area (Å²) < 4.78 is 0. The Kier molecular flexibility index (Phi) is 4.66. The summed E-state index contributed by atoms with van der Waals surface area (Å²) in [4.78, 5) is 22.3. The first kappa shape index (κ1) is 16.4. The fourth-order valence-electron chi connectivity index (χ4n) is 3.80. The molecule has 23 heavy (non-hydrogen) atoms. The summed E-state index contributed by atoms with van der Waals surface area (Å²) in [6.07, 6.45) is 4.75. The van der Waals surface area contributed by atoms with E-state index < -0.39 is 0 Å². The number of anilines is 1. The highest BCUT2D eigenvalue weighted by atomic mass is 32.1. The van der Waals surface area contributed by atoms with E-state index in [0.29, 0.717) is 5.54 Å². The average Bonchev–Trinajstić information content (AvgIpc) is 3.29. The molecule has 0 amide bonds. The van der Waals surface area contributed by atoms with Gasteiger partial charge < -0.3 is 10.6 Å². The van der Waals surface area contributed by atoms with Gasteiger partial charge in [-0.1, -0.05) is 0 Å². The van der Waals surface area contributed by atoms with Crippen molar-refractivity contribution in [3.05, 3.63) is 23.1 Å². The predicted molar refractivity (Wildman–Crippen MR) is 96.5 cm³/mol. The molecule has 0 radical (unpaired) electrons. The predicted octanol–water partition coefficient (Wildman–Crippen LogP) is 2.36. The lowest BCUT2D eigenvalue weighted by Gasteiger charge is -2.32. The van der Waals surface area contributed by atoms with E-state index in [0.717, 1.165) is 40.3 Å². The maximum Gasteiger partial charge on any atom is 0.160 e. The molecule has 2 N–H and O–H groups in total. The Balaban J connectivity index is 0.000000753. The molecule has 1 spiro atoms. The van der Waals surface area contributed by atoms with Crippen molar-refractivity contribution in [3.8, 4) is 0 Å². The summed E-state index contributed by atoms with van der Waals surface area (Å²) in [7, 11) is 3.75. The third-order valence-electron chi connectivity index (χ3n) is 5.11. The number of likely N-dealkylation sites (tertiary alicyclic amines) is 1. The number of aldehydes is 1. The number of nitrogens with two attached hydrogens (primary N) is 1. The molecule has 6 heteroatoms. The van der Waals surface area contributed by atoms with Gasteiger partial charge in [0.05, 0.1) is 4.88 Å². The molecule has 0 aromatic carbocycles. The van der Waals surface area contributed by atoms with Gasteiger partial charge in [0.1, 0.15) is 10.6 Å². The zero-order valence-electron chi connectivity index (χ0n) is 13.8. The number of aromatic nitrogens is 1. The standard InChI is InChI=1S/C16H19N3OS.CH5N/c1-18-7-2-5-16(18)6-8-19(11-16)14-4-3-12-9-13(10-20)21-15(12)17-14;1-2/h3-4,9-10H,2,5-8,11H2,1H3;2H2,1H3. The van der Waals surface area contributed by atoms with Crippen LogP contribution in [0.5, 0.6) is 0 Å². The van der Waals surface area contributed by atoms with Gasteiger partial charge in [0.2, 0.25) is 0 Å². The Morgan fingerprint density at radius 1 is 1.30 bits per heavy atom. The monoisotopic (exact) mass is 332 g/mol. The van der Waals surface area contributed by atoms with Crippen LogP contribution in [0.1, 0.15) is 28.9 Å². The van der Waals surface area contributed by atoms with Crippen LogP contribution >= 0.6 is 11.3 Å². The van der Waals surface area contributed by atoms with Crippen molar-refractivity contribution >= 4 is 33.7 Å². The largest absolute Gasteiger partial charge is 0.355 e. The highest BCUT2D eigenvalue weighted by Gasteiger charge is 2.44. The van der Waals surface area contributed by atoms with Crippen LogP contribution in [-0.2, 0) is 0 Å². The van der Waals surface area contributed by atoms with Gasteiger partial charge in [-0.2, -0.15) is 0 Å². The molecular formula is C17H24N4OS. The molecule has 1 unspecified atom stereocenters. The number of rotatable bonds is 2. The third-order valence-corrected chi connectivity index (χ3v) is 6.08. The summed E-state index contributed by atoms with van der Waals surface area (Å²) in [5.41, 5.74) is 4.86. The van der Waals surface area contributed by atoms with Crippen LogP contribution in [-0.4, -0.2) is 55.4 Å². The molecule has 0 saturated carbocycles. The third kappa shape index (κ3) is 2.86. The second kappa shape index (κ2) is 6.55. The van der Waals surface area contributed by atoms with E-state index in [1.54, 1.807) is 0 Å². The molecule has 2 aliphatic rings. The quantitative estimate of drug-likeness (QED) is 0.856. The summed E-state index contributed by atoms with van der Waals surface area (Å²) in [6.45, 7) is 3.37.